The molecule has 28 heavy (non-hydrogen) atoms. The van der Waals surface area contributed by atoms with Gasteiger partial charge in [0.1, 0.15) is 11.9 Å². The molecule has 1 aliphatic rings. The standard InChI is InChI=1S/C21H33N3O3.HI/c1-4-18(27-19-10-8-7-9-11-19)16-23-21(22-5-2)24-14-12-17(13-15-24)20(25)26-6-3;/h7-11,17-18H,4-6,12-16H2,1-3H3,(H,22,23);1H. The summed E-state index contributed by atoms with van der Waals surface area (Å²) in [4.78, 5) is 19.0. The minimum atomic E-state index is -0.0682. The lowest BCUT2D eigenvalue weighted by Crippen LogP contribution is -2.47. The number of benzene rings is 1. The molecule has 1 heterocycles. The van der Waals surface area contributed by atoms with E-state index in [1.165, 1.54) is 0 Å². The van der Waals surface area contributed by atoms with Gasteiger partial charge in [-0.1, -0.05) is 25.1 Å². The summed E-state index contributed by atoms with van der Waals surface area (Å²) in [6.07, 6.45) is 2.54. The highest BCUT2D eigenvalue weighted by atomic mass is 127. The lowest BCUT2D eigenvalue weighted by atomic mass is 9.97. The number of esters is 1. The van der Waals surface area contributed by atoms with Crippen LogP contribution in [0.4, 0.5) is 0 Å². The van der Waals surface area contributed by atoms with Crippen molar-refractivity contribution >= 4 is 35.9 Å². The first-order chi connectivity index (χ1) is 13.2. The van der Waals surface area contributed by atoms with Crippen molar-refractivity contribution in [1.29, 1.82) is 0 Å². The van der Waals surface area contributed by atoms with Crippen molar-refractivity contribution in [2.24, 2.45) is 10.9 Å². The summed E-state index contributed by atoms with van der Waals surface area (Å²) in [6, 6.07) is 9.87. The number of nitrogens with zero attached hydrogens (tertiary/aromatic N) is 2. The third-order valence-corrected chi connectivity index (χ3v) is 4.70. The number of hydrogen-bond donors (Lipinski definition) is 1. The highest BCUT2D eigenvalue weighted by Gasteiger charge is 2.27. The number of halogens is 1. The largest absolute Gasteiger partial charge is 0.489 e. The first kappa shape index (κ1) is 24.5. The average molecular weight is 503 g/mol. The van der Waals surface area contributed by atoms with Gasteiger partial charge in [-0.25, -0.2) is 4.99 Å². The molecular formula is C21H34IN3O3. The van der Waals surface area contributed by atoms with Gasteiger partial charge in [-0.3, -0.25) is 4.79 Å². The van der Waals surface area contributed by atoms with Crippen molar-refractivity contribution in [2.75, 3.05) is 32.8 Å². The molecule has 7 heteroatoms. The van der Waals surface area contributed by atoms with Crippen molar-refractivity contribution in [3.8, 4) is 5.75 Å². The Bertz CT molecular complexity index is 590. The molecule has 0 amide bonds. The number of rotatable bonds is 8. The summed E-state index contributed by atoms with van der Waals surface area (Å²) < 4.78 is 11.2. The number of likely N-dealkylation sites (tertiary alicyclic amines) is 1. The van der Waals surface area contributed by atoms with Gasteiger partial charge in [0.2, 0.25) is 0 Å². The topological polar surface area (TPSA) is 63.2 Å². The minimum Gasteiger partial charge on any atom is -0.489 e. The van der Waals surface area contributed by atoms with Crippen LogP contribution in [0.3, 0.4) is 0 Å². The molecule has 1 aromatic carbocycles. The molecule has 2 rings (SSSR count). The summed E-state index contributed by atoms with van der Waals surface area (Å²) >= 11 is 0. The second kappa shape index (κ2) is 13.6. The number of carbonyl (C=O) groups excluding carboxylic acids is 1. The van der Waals surface area contributed by atoms with Gasteiger partial charge in [0.25, 0.3) is 0 Å². The number of aliphatic imine (C=N–C) groups is 1. The molecule has 1 fully saturated rings. The van der Waals surface area contributed by atoms with E-state index < -0.39 is 0 Å². The van der Waals surface area contributed by atoms with E-state index >= 15 is 0 Å². The molecule has 1 aliphatic heterocycles. The fraction of sp³-hybridized carbons (Fsp3) is 0.619. The third-order valence-electron chi connectivity index (χ3n) is 4.70. The van der Waals surface area contributed by atoms with Crippen molar-refractivity contribution in [3.05, 3.63) is 30.3 Å². The molecule has 6 nitrogen and oxygen atoms in total. The van der Waals surface area contributed by atoms with E-state index in [1.807, 2.05) is 37.3 Å². The molecule has 0 spiro atoms. The molecule has 1 unspecified atom stereocenters. The van der Waals surface area contributed by atoms with Crippen LogP contribution >= 0.6 is 24.0 Å². The van der Waals surface area contributed by atoms with Gasteiger partial charge in [0.05, 0.1) is 19.1 Å². The third kappa shape index (κ3) is 7.85. The van der Waals surface area contributed by atoms with E-state index in [0.717, 1.165) is 50.6 Å². The first-order valence-electron chi connectivity index (χ1n) is 10.1. The molecule has 0 radical (unpaired) electrons. The van der Waals surface area contributed by atoms with E-state index in [0.29, 0.717) is 13.2 Å². The fourth-order valence-electron chi connectivity index (χ4n) is 3.14. The number of para-hydroxylation sites is 1. The van der Waals surface area contributed by atoms with Crippen LogP contribution in [0.25, 0.3) is 0 Å². The Hall–Kier alpha value is -1.51. The second-order valence-electron chi connectivity index (χ2n) is 6.67. The number of hydrogen-bond acceptors (Lipinski definition) is 4. The Morgan fingerprint density at radius 3 is 2.46 bits per heavy atom. The molecule has 0 saturated carbocycles. The molecule has 1 N–H and O–H groups in total. The Balaban J connectivity index is 0.00000392. The summed E-state index contributed by atoms with van der Waals surface area (Å²) in [6.45, 7) is 9.52. The highest BCUT2D eigenvalue weighted by molar-refractivity contribution is 14.0. The summed E-state index contributed by atoms with van der Waals surface area (Å²) in [5.41, 5.74) is 0. The van der Waals surface area contributed by atoms with Crippen LogP contribution in [0, 0.1) is 5.92 Å². The Kier molecular flexibility index (Phi) is 11.9. The summed E-state index contributed by atoms with van der Waals surface area (Å²) in [5, 5.41) is 3.37. The van der Waals surface area contributed by atoms with Crippen molar-refractivity contribution in [2.45, 2.75) is 46.1 Å². The van der Waals surface area contributed by atoms with Gasteiger partial charge >= 0.3 is 5.97 Å². The predicted octanol–water partition coefficient (Wildman–Crippen LogP) is 3.70. The zero-order valence-corrected chi connectivity index (χ0v) is 19.6. The number of nitrogens with one attached hydrogen (secondary N) is 1. The lowest BCUT2D eigenvalue weighted by Gasteiger charge is -2.33. The molecule has 1 atom stereocenters. The Labute approximate surface area is 186 Å². The maximum Gasteiger partial charge on any atom is 0.309 e. The normalized spacial score (nSPS) is 16.1. The van der Waals surface area contributed by atoms with Gasteiger partial charge in [0, 0.05) is 19.6 Å². The van der Waals surface area contributed by atoms with Gasteiger partial charge in [-0.05, 0) is 45.2 Å². The molecular weight excluding hydrogens is 469 g/mol. The van der Waals surface area contributed by atoms with Crippen LogP contribution in [0.15, 0.2) is 35.3 Å². The summed E-state index contributed by atoms with van der Waals surface area (Å²) in [7, 11) is 0. The first-order valence-corrected chi connectivity index (χ1v) is 10.1. The van der Waals surface area contributed by atoms with Crippen LogP contribution in [0.2, 0.25) is 0 Å². The van der Waals surface area contributed by atoms with Crippen LogP contribution in [-0.4, -0.2) is 55.7 Å². The number of ether oxygens (including phenoxy) is 2. The van der Waals surface area contributed by atoms with Crippen LogP contribution in [0.1, 0.15) is 40.0 Å². The minimum absolute atomic E-state index is 0. The molecule has 0 aliphatic carbocycles. The van der Waals surface area contributed by atoms with Gasteiger partial charge in [-0.15, -0.1) is 24.0 Å². The molecule has 158 valence electrons. The maximum absolute atomic E-state index is 11.9. The molecule has 0 aromatic heterocycles. The van der Waals surface area contributed by atoms with Crippen LogP contribution in [0.5, 0.6) is 5.75 Å². The average Bonchev–Trinajstić information content (AvgIpc) is 2.71. The van der Waals surface area contributed by atoms with Crippen LogP contribution < -0.4 is 10.1 Å². The van der Waals surface area contributed by atoms with E-state index in [-0.39, 0.29) is 42.0 Å². The summed E-state index contributed by atoms with van der Waals surface area (Å²) in [5.74, 6) is 1.71. The molecule has 1 saturated heterocycles. The smallest absolute Gasteiger partial charge is 0.309 e. The van der Waals surface area contributed by atoms with E-state index in [4.69, 9.17) is 14.5 Å². The second-order valence-corrected chi connectivity index (χ2v) is 6.67. The van der Waals surface area contributed by atoms with E-state index in [1.54, 1.807) is 0 Å². The monoisotopic (exact) mass is 503 g/mol. The SMILES string of the molecule is CCNC(=NCC(CC)Oc1ccccc1)N1CCC(C(=O)OCC)CC1.I. The van der Waals surface area contributed by atoms with Gasteiger partial charge in [-0.2, -0.15) is 0 Å². The zero-order chi connectivity index (χ0) is 19.5. The maximum atomic E-state index is 11.9. The van der Waals surface area contributed by atoms with Crippen LogP contribution in [-0.2, 0) is 9.53 Å². The van der Waals surface area contributed by atoms with Crippen molar-refractivity contribution < 1.29 is 14.3 Å². The van der Waals surface area contributed by atoms with Gasteiger partial charge < -0.3 is 19.7 Å². The quantitative estimate of drug-likeness (QED) is 0.254. The number of carbonyl (C=O) groups is 1. The predicted molar refractivity (Wildman–Crippen MR) is 123 cm³/mol. The highest BCUT2D eigenvalue weighted by Crippen LogP contribution is 2.19. The van der Waals surface area contributed by atoms with Gasteiger partial charge in [0.15, 0.2) is 5.96 Å². The Morgan fingerprint density at radius 2 is 1.89 bits per heavy atom. The lowest BCUT2D eigenvalue weighted by molar-refractivity contribution is -0.149. The van der Waals surface area contributed by atoms with Crippen molar-refractivity contribution in [1.82, 2.24) is 10.2 Å². The molecule has 0 bridgehead atoms. The Morgan fingerprint density at radius 1 is 1.21 bits per heavy atom. The van der Waals surface area contributed by atoms with Crippen molar-refractivity contribution in [3.63, 3.8) is 0 Å². The number of piperidine rings is 1. The molecule has 1 aromatic rings. The number of guanidine groups is 1. The van der Waals surface area contributed by atoms with E-state index in [2.05, 4.69) is 24.1 Å². The zero-order valence-electron chi connectivity index (χ0n) is 17.2. The fourth-order valence-corrected chi connectivity index (χ4v) is 3.14. The van der Waals surface area contributed by atoms with E-state index in [9.17, 15) is 4.79 Å².